The van der Waals surface area contributed by atoms with E-state index in [1.807, 2.05) is 6.07 Å². The van der Waals surface area contributed by atoms with Gasteiger partial charge in [-0.2, -0.15) is 0 Å². The summed E-state index contributed by atoms with van der Waals surface area (Å²) in [7, 11) is 0. The van der Waals surface area contributed by atoms with Crippen LogP contribution in [-0.2, 0) is 16.1 Å². The molecule has 1 atom stereocenters. The van der Waals surface area contributed by atoms with Crippen molar-refractivity contribution in [1.82, 2.24) is 9.55 Å². The maximum atomic E-state index is 12.4. The summed E-state index contributed by atoms with van der Waals surface area (Å²) >= 11 is 3.35. The summed E-state index contributed by atoms with van der Waals surface area (Å²) in [5, 5.41) is 0.571. The van der Waals surface area contributed by atoms with Gasteiger partial charge in [0, 0.05) is 24.4 Å². The Bertz CT molecular complexity index is 738. The number of rotatable bonds is 1. The second kappa shape index (κ2) is 4.45. The van der Waals surface area contributed by atoms with Gasteiger partial charge in [-0.15, -0.1) is 0 Å². The number of halogens is 1. The second-order valence-electron chi connectivity index (χ2n) is 4.48. The molecule has 1 aliphatic rings. The van der Waals surface area contributed by atoms with E-state index in [-0.39, 0.29) is 11.5 Å². The fourth-order valence-electron chi connectivity index (χ4n) is 2.36. The number of esters is 1. The van der Waals surface area contributed by atoms with Crippen molar-refractivity contribution >= 4 is 32.8 Å². The molecule has 0 fully saturated rings. The molecule has 0 radical (unpaired) electrons. The first-order valence-electron chi connectivity index (χ1n) is 5.93. The molecule has 0 bridgehead atoms. The van der Waals surface area contributed by atoms with Crippen molar-refractivity contribution in [3.05, 3.63) is 38.9 Å². The van der Waals surface area contributed by atoms with Gasteiger partial charge >= 0.3 is 5.97 Å². The predicted octanol–water partition coefficient (Wildman–Crippen LogP) is 2.17. The monoisotopic (exact) mass is 322 g/mol. The maximum absolute atomic E-state index is 12.4. The molecule has 0 N–H and O–H groups in total. The zero-order chi connectivity index (χ0) is 13.6. The third kappa shape index (κ3) is 2.06. The summed E-state index contributed by atoms with van der Waals surface area (Å²) in [6.07, 6.45) is 0.178. The zero-order valence-electron chi connectivity index (χ0n) is 10.2. The summed E-state index contributed by atoms with van der Waals surface area (Å²) in [6, 6.07) is 5.38. The van der Waals surface area contributed by atoms with E-state index >= 15 is 0 Å². The molecule has 5 nitrogen and oxygen atoms in total. The number of benzene rings is 1. The average Bonchev–Trinajstić information content (AvgIpc) is 2.73. The lowest BCUT2D eigenvalue weighted by atomic mass is 10.2. The van der Waals surface area contributed by atoms with Gasteiger partial charge in [-0.1, -0.05) is 15.9 Å². The van der Waals surface area contributed by atoms with Crippen molar-refractivity contribution in [1.29, 1.82) is 0 Å². The third-order valence-electron chi connectivity index (χ3n) is 3.16. The van der Waals surface area contributed by atoms with Crippen LogP contribution in [0, 0.1) is 0 Å². The fraction of sp³-hybridized carbons (Fsp3) is 0.308. The van der Waals surface area contributed by atoms with Crippen molar-refractivity contribution in [3.63, 3.8) is 0 Å². The first-order valence-corrected chi connectivity index (χ1v) is 6.73. The number of nitrogens with zero attached hydrogens (tertiary/aromatic N) is 2. The van der Waals surface area contributed by atoms with E-state index < -0.39 is 6.10 Å². The minimum atomic E-state index is -0.418. The van der Waals surface area contributed by atoms with Crippen LogP contribution in [0.15, 0.2) is 27.5 Å². The number of hydrogen-bond acceptors (Lipinski definition) is 4. The van der Waals surface area contributed by atoms with Gasteiger partial charge in [0.25, 0.3) is 5.56 Å². The highest BCUT2D eigenvalue weighted by Gasteiger charge is 2.28. The standard InChI is InChI=1S/C13H11BrN2O3/c1-7(17)19-11-4-5-16-12(11)15-10-3-2-8(14)6-9(10)13(16)18/h2-3,6,11H,4-5H2,1H3/t11-/m1/s1. The lowest BCUT2D eigenvalue weighted by molar-refractivity contribution is -0.146. The second-order valence-corrected chi connectivity index (χ2v) is 5.39. The van der Waals surface area contributed by atoms with Gasteiger partial charge in [-0.3, -0.25) is 14.2 Å². The van der Waals surface area contributed by atoms with Crippen LogP contribution in [0.3, 0.4) is 0 Å². The van der Waals surface area contributed by atoms with Gasteiger partial charge in [-0.05, 0) is 18.2 Å². The molecule has 1 aromatic carbocycles. The van der Waals surface area contributed by atoms with Crippen LogP contribution in [0.5, 0.6) is 0 Å². The molecule has 0 spiro atoms. The number of fused-ring (bicyclic) bond motifs is 2. The minimum Gasteiger partial charge on any atom is -0.454 e. The average molecular weight is 323 g/mol. The smallest absolute Gasteiger partial charge is 0.303 e. The maximum Gasteiger partial charge on any atom is 0.303 e. The summed E-state index contributed by atoms with van der Waals surface area (Å²) in [4.78, 5) is 27.9. The highest BCUT2D eigenvalue weighted by molar-refractivity contribution is 9.10. The topological polar surface area (TPSA) is 61.2 Å². The lowest BCUT2D eigenvalue weighted by Gasteiger charge is -2.11. The predicted molar refractivity (Wildman–Crippen MR) is 72.8 cm³/mol. The van der Waals surface area contributed by atoms with Crippen LogP contribution in [-0.4, -0.2) is 15.5 Å². The Hall–Kier alpha value is -1.69. The highest BCUT2D eigenvalue weighted by atomic mass is 79.9. The molecule has 1 aromatic heterocycles. The van der Waals surface area contributed by atoms with Gasteiger partial charge in [-0.25, -0.2) is 4.98 Å². The first kappa shape index (κ1) is 12.3. The van der Waals surface area contributed by atoms with E-state index in [1.165, 1.54) is 6.92 Å². The van der Waals surface area contributed by atoms with Gasteiger partial charge in [0.2, 0.25) is 0 Å². The number of carbonyl (C=O) groups is 1. The van der Waals surface area contributed by atoms with Crippen molar-refractivity contribution in [2.75, 3.05) is 0 Å². The molecule has 19 heavy (non-hydrogen) atoms. The van der Waals surface area contributed by atoms with Crippen molar-refractivity contribution in [3.8, 4) is 0 Å². The first-order chi connectivity index (χ1) is 9.06. The molecule has 0 amide bonds. The molecule has 3 rings (SSSR count). The molecule has 6 heteroatoms. The van der Waals surface area contributed by atoms with Crippen molar-refractivity contribution in [2.45, 2.75) is 26.0 Å². The summed E-state index contributed by atoms with van der Waals surface area (Å²) < 4.78 is 7.62. The number of hydrogen-bond donors (Lipinski definition) is 0. The van der Waals surface area contributed by atoms with Gasteiger partial charge in [0.1, 0.15) is 0 Å². The molecular weight excluding hydrogens is 312 g/mol. The molecule has 0 saturated carbocycles. The Labute approximate surface area is 117 Å². The SMILES string of the molecule is CC(=O)O[C@@H]1CCn2c1nc1ccc(Br)cc1c2=O. The van der Waals surface area contributed by atoms with E-state index in [0.717, 1.165) is 4.47 Å². The summed E-state index contributed by atoms with van der Waals surface area (Å²) in [6.45, 7) is 1.89. The Kier molecular flexibility index (Phi) is 2.89. The molecule has 2 heterocycles. The third-order valence-corrected chi connectivity index (χ3v) is 3.65. The van der Waals surface area contributed by atoms with Gasteiger partial charge in [0.05, 0.1) is 10.9 Å². The Morgan fingerprint density at radius 1 is 1.53 bits per heavy atom. The fourth-order valence-corrected chi connectivity index (χ4v) is 2.72. The van der Waals surface area contributed by atoms with E-state index in [0.29, 0.717) is 29.7 Å². The zero-order valence-corrected chi connectivity index (χ0v) is 11.8. The molecular formula is C13H11BrN2O3. The molecule has 1 aliphatic heterocycles. The van der Waals surface area contributed by atoms with Crippen LogP contribution in [0.1, 0.15) is 25.3 Å². The largest absolute Gasteiger partial charge is 0.454 e. The summed E-state index contributed by atoms with van der Waals surface area (Å²) in [5.74, 6) is 0.179. The normalized spacial score (nSPS) is 17.5. The quantitative estimate of drug-likeness (QED) is 0.755. The van der Waals surface area contributed by atoms with Crippen LogP contribution in [0.2, 0.25) is 0 Å². The van der Waals surface area contributed by atoms with Crippen LogP contribution in [0.4, 0.5) is 0 Å². The molecule has 0 aliphatic carbocycles. The lowest BCUT2D eigenvalue weighted by Crippen LogP contribution is -2.22. The van der Waals surface area contributed by atoms with E-state index in [9.17, 15) is 9.59 Å². The van der Waals surface area contributed by atoms with E-state index in [2.05, 4.69) is 20.9 Å². The Morgan fingerprint density at radius 3 is 3.05 bits per heavy atom. The van der Waals surface area contributed by atoms with Crippen molar-refractivity contribution in [2.24, 2.45) is 0 Å². The Morgan fingerprint density at radius 2 is 2.32 bits per heavy atom. The summed E-state index contributed by atoms with van der Waals surface area (Å²) in [5.41, 5.74) is 0.537. The molecule has 2 aromatic rings. The van der Waals surface area contributed by atoms with Gasteiger partial charge < -0.3 is 4.74 Å². The van der Waals surface area contributed by atoms with Gasteiger partial charge in [0.15, 0.2) is 11.9 Å². The Balaban J connectivity index is 2.21. The molecule has 0 unspecified atom stereocenters. The molecule has 0 saturated heterocycles. The van der Waals surface area contributed by atoms with Crippen LogP contribution in [0.25, 0.3) is 10.9 Å². The number of ether oxygens (including phenoxy) is 1. The van der Waals surface area contributed by atoms with Crippen LogP contribution >= 0.6 is 15.9 Å². The van der Waals surface area contributed by atoms with Crippen molar-refractivity contribution < 1.29 is 9.53 Å². The number of carbonyl (C=O) groups excluding carboxylic acids is 1. The highest BCUT2D eigenvalue weighted by Crippen LogP contribution is 2.28. The van der Waals surface area contributed by atoms with Crippen LogP contribution < -0.4 is 5.56 Å². The number of aromatic nitrogens is 2. The minimum absolute atomic E-state index is 0.0871. The molecule has 98 valence electrons. The van der Waals surface area contributed by atoms with E-state index in [4.69, 9.17) is 4.74 Å². The van der Waals surface area contributed by atoms with E-state index in [1.54, 1.807) is 16.7 Å².